The summed E-state index contributed by atoms with van der Waals surface area (Å²) in [6.45, 7) is 6.29. The first-order chi connectivity index (χ1) is 16.1. The molecule has 2 aromatic carbocycles. The van der Waals surface area contributed by atoms with Gasteiger partial charge in [-0.3, -0.25) is 4.79 Å². The standard InChI is InChI=1S/C28H34ClN3O/c1-3-20-7-12-25-24(19-20)26(21-8-10-22(29)11-9-21)27(30(25)2)28(33)32-17-13-23(14-18-32)31-15-5-4-6-16-31/h7-12,19,23H,3-6,13-18H2,1-2H3. The van der Waals surface area contributed by atoms with Crippen LogP contribution in [0, 0.1) is 0 Å². The lowest BCUT2D eigenvalue weighted by molar-refractivity contribution is 0.0583. The van der Waals surface area contributed by atoms with Gasteiger partial charge in [0.15, 0.2) is 0 Å². The van der Waals surface area contributed by atoms with Crippen molar-refractivity contribution in [1.82, 2.24) is 14.4 Å². The van der Waals surface area contributed by atoms with E-state index in [1.165, 1.54) is 37.9 Å². The average molecular weight is 464 g/mol. The van der Waals surface area contributed by atoms with Crippen molar-refractivity contribution in [2.75, 3.05) is 26.2 Å². The fourth-order valence-corrected chi connectivity index (χ4v) is 5.86. The van der Waals surface area contributed by atoms with Crippen LogP contribution in [0.3, 0.4) is 0 Å². The minimum Gasteiger partial charge on any atom is -0.339 e. The molecule has 2 aliphatic heterocycles. The van der Waals surface area contributed by atoms with Crippen molar-refractivity contribution in [3.63, 3.8) is 0 Å². The van der Waals surface area contributed by atoms with Crippen LogP contribution in [-0.2, 0) is 13.5 Å². The first-order valence-corrected chi connectivity index (χ1v) is 12.8. The van der Waals surface area contributed by atoms with Crippen LogP contribution in [-0.4, -0.2) is 52.5 Å². The van der Waals surface area contributed by atoms with E-state index in [1.807, 2.05) is 31.3 Å². The number of hydrogen-bond acceptors (Lipinski definition) is 2. The maximum absolute atomic E-state index is 14.0. The summed E-state index contributed by atoms with van der Waals surface area (Å²) in [4.78, 5) is 18.7. The molecule has 5 heteroatoms. The fourth-order valence-electron chi connectivity index (χ4n) is 5.74. The fraction of sp³-hybridized carbons (Fsp3) is 0.464. The number of halogens is 1. The van der Waals surface area contributed by atoms with E-state index in [4.69, 9.17) is 11.6 Å². The maximum atomic E-state index is 14.0. The number of hydrogen-bond donors (Lipinski definition) is 0. The number of aromatic nitrogens is 1. The average Bonchev–Trinajstić information content (AvgIpc) is 3.16. The van der Waals surface area contributed by atoms with Crippen LogP contribution in [0.4, 0.5) is 0 Å². The Labute approximate surface area is 202 Å². The maximum Gasteiger partial charge on any atom is 0.271 e. The molecule has 33 heavy (non-hydrogen) atoms. The molecule has 3 aromatic rings. The first kappa shape index (κ1) is 22.5. The highest BCUT2D eigenvalue weighted by Crippen LogP contribution is 2.37. The predicted molar refractivity (Wildman–Crippen MR) is 137 cm³/mol. The number of likely N-dealkylation sites (tertiary alicyclic amines) is 2. The highest BCUT2D eigenvalue weighted by Gasteiger charge is 2.31. The molecule has 174 valence electrons. The van der Waals surface area contributed by atoms with E-state index in [0.717, 1.165) is 60.1 Å². The molecule has 1 aromatic heterocycles. The Kier molecular flexibility index (Phi) is 6.49. The van der Waals surface area contributed by atoms with E-state index < -0.39 is 0 Å². The van der Waals surface area contributed by atoms with Gasteiger partial charge in [0.05, 0.1) is 0 Å². The number of rotatable bonds is 4. The van der Waals surface area contributed by atoms with Crippen molar-refractivity contribution in [3.8, 4) is 11.1 Å². The van der Waals surface area contributed by atoms with E-state index in [9.17, 15) is 4.79 Å². The van der Waals surface area contributed by atoms with Gasteiger partial charge < -0.3 is 14.4 Å². The molecule has 0 bridgehead atoms. The van der Waals surface area contributed by atoms with Gasteiger partial charge >= 0.3 is 0 Å². The lowest BCUT2D eigenvalue weighted by atomic mass is 9.97. The Morgan fingerprint density at radius 1 is 0.970 bits per heavy atom. The molecule has 0 radical (unpaired) electrons. The van der Waals surface area contributed by atoms with Crippen LogP contribution in [0.5, 0.6) is 0 Å². The quantitative estimate of drug-likeness (QED) is 0.464. The Bertz CT molecular complexity index is 1140. The highest BCUT2D eigenvalue weighted by molar-refractivity contribution is 6.30. The molecule has 5 rings (SSSR count). The second kappa shape index (κ2) is 9.52. The molecule has 0 saturated carbocycles. The third-order valence-electron chi connectivity index (χ3n) is 7.67. The largest absolute Gasteiger partial charge is 0.339 e. The number of aryl methyl sites for hydroxylation is 2. The zero-order valence-electron chi connectivity index (χ0n) is 19.8. The van der Waals surface area contributed by atoms with Crippen molar-refractivity contribution in [3.05, 3.63) is 58.7 Å². The third kappa shape index (κ3) is 4.31. The molecule has 0 spiro atoms. The van der Waals surface area contributed by atoms with Crippen LogP contribution in [0.15, 0.2) is 42.5 Å². The van der Waals surface area contributed by atoms with E-state index in [2.05, 4.69) is 39.5 Å². The Hall–Kier alpha value is -2.30. The van der Waals surface area contributed by atoms with E-state index in [1.54, 1.807) is 0 Å². The summed E-state index contributed by atoms with van der Waals surface area (Å²) < 4.78 is 2.10. The normalized spacial score (nSPS) is 18.2. The van der Waals surface area contributed by atoms with Crippen molar-refractivity contribution in [1.29, 1.82) is 0 Å². The van der Waals surface area contributed by atoms with Crippen LogP contribution in [0.1, 0.15) is 55.1 Å². The van der Waals surface area contributed by atoms with Gasteiger partial charge in [-0.2, -0.15) is 0 Å². The van der Waals surface area contributed by atoms with Gasteiger partial charge in [-0.05, 0) is 80.6 Å². The van der Waals surface area contributed by atoms with Crippen molar-refractivity contribution >= 4 is 28.4 Å². The Morgan fingerprint density at radius 3 is 2.33 bits per heavy atom. The lowest BCUT2D eigenvalue weighted by Crippen LogP contribution is -2.48. The van der Waals surface area contributed by atoms with Gasteiger partial charge in [0.1, 0.15) is 5.69 Å². The molecule has 2 saturated heterocycles. The van der Waals surface area contributed by atoms with Crippen molar-refractivity contribution < 1.29 is 4.79 Å². The number of nitrogens with zero attached hydrogens (tertiary/aromatic N) is 3. The van der Waals surface area contributed by atoms with Gasteiger partial charge in [0.25, 0.3) is 5.91 Å². The first-order valence-electron chi connectivity index (χ1n) is 12.5. The second-order valence-electron chi connectivity index (χ2n) is 9.61. The summed E-state index contributed by atoms with van der Waals surface area (Å²) in [5.74, 6) is 0.147. The van der Waals surface area contributed by atoms with Crippen LogP contribution >= 0.6 is 11.6 Å². The molecule has 2 fully saturated rings. The molecule has 2 aliphatic rings. The third-order valence-corrected chi connectivity index (χ3v) is 7.92. The zero-order valence-corrected chi connectivity index (χ0v) is 20.6. The molecule has 4 nitrogen and oxygen atoms in total. The summed E-state index contributed by atoms with van der Waals surface area (Å²) in [5, 5.41) is 1.85. The number of amides is 1. The van der Waals surface area contributed by atoms with E-state index in [-0.39, 0.29) is 5.91 Å². The monoisotopic (exact) mass is 463 g/mol. The van der Waals surface area contributed by atoms with Crippen molar-refractivity contribution in [2.45, 2.75) is 51.5 Å². The van der Waals surface area contributed by atoms with Gasteiger partial charge in [0, 0.05) is 47.7 Å². The minimum absolute atomic E-state index is 0.147. The van der Waals surface area contributed by atoms with Gasteiger partial charge in [0.2, 0.25) is 0 Å². The summed E-state index contributed by atoms with van der Waals surface area (Å²) in [7, 11) is 2.03. The predicted octanol–water partition coefficient (Wildman–Crippen LogP) is 6.15. The molecule has 1 amide bonds. The molecule has 0 N–H and O–H groups in total. The highest BCUT2D eigenvalue weighted by atomic mass is 35.5. The second-order valence-corrected chi connectivity index (χ2v) is 10.1. The topological polar surface area (TPSA) is 28.5 Å². The number of fused-ring (bicyclic) bond motifs is 1. The number of benzene rings is 2. The lowest BCUT2D eigenvalue weighted by Gasteiger charge is -2.40. The van der Waals surface area contributed by atoms with Crippen LogP contribution in [0.2, 0.25) is 5.02 Å². The smallest absolute Gasteiger partial charge is 0.271 e. The number of piperidine rings is 2. The van der Waals surface area contributed by atoms with Crippen LogP contribution < -0.4 is 0 Å². The molecular weight excluding hydrogens is 430 g/mol. The molecule has 0 atom stereocenters. The zero-order chi connectivity index (χ0) is 22.9. The summed E-state index contributed by atoms with van der Waals surface area (Å²) >= 11 is 6.19. The Morgan fingerprint density at radius 2 is 1.67 bits per heavy atom. The molecule has 0 unspecified atom stereocenters. The minimum atomic E-state index is 0.147. The van der Waals surface area contributed by atoms with Gasteiger partial charge in [-0.15, -0.1) is 0 Å². The van der Waals surface area contributed by atoms with Crippen LogP contribution in [0.25, 0.3) is 22.0 Å². The van der Waals surface area contributed by atoms with Gasteiger partial charge in [-0.25, -0.2) is 0 Å². The Balaban J connectivity index is 1.49. The summed E-state index contributed by atoms with van der Waals surface area (Å²) in [6.07, 6.45) is 7.12. The number of carbonyl (C=O) groups excluding carboxylic acids is 1. The van der Waals surface area contributed by atoms with Gasteiger partial charge in [-0.1, -0.05) is 43.1 Å². The molecule has 3 heterocycles. The van der Waals surface area contributed by atoms with E-state index >= 15 is 0 Å². The number of carbonyl (C=O) groups is 1. The molecule has 0 aliphatic carbocycles. The van der Waals surface area contributed by atoms with Crippen molar-refractivity contribution in [2.24, 2.45) is 7.05 Å². The SMILES string of the molecule is CCc1ccc2c(c1)c(-c1ccc(Cl)cc1)c(C(=O)N1CCC(N3CCCCC3)CC1)n2C. The summed E-state index contributed by atoms with van der Waals surface area (Å²) in [5.41, 5.74) is 5.25. The molecular formula is C28H34ClN3O. The van der Waals surface area contributed by atoms with E-state index in [0.29, 0.717) is 11.1 Å². The summed E-state index contributed by atoms with van der Waals surface area (Å²) in [6, 6.07) is 15.1.